The third-order valence-electron chi connectivity index (χ3n) is 4.19. The molecule has 7 heteroatoms. The van der Waals surface area contributed by atoms with Gasteiger partial charge < -0.3 is 20.2 Å². The van der Waals surface area contributed by atoms with Gasteiger partial charge in [-0.3, -0.25) is 4.79 Å². The van der Waals surface area contributed by atoms with Crippen molar-refractivity contribution in [3.63, 3.8) is 0 Å². The first kappa shape index (κ1) is 19.3. The molecular formula is C18H22ClFN2O3. The summed E-state index contributed by atoms with van der Waals surface area (Å²) in [4.78, 5) is 12.2. The molecule has 0 spiro atoms. The average Bonchev–Trinajstić information content (AvgIpc) is 3.06. The zero-order valence-electron chi connectivity index (χ0n) is 13.7. The molecule has 25 heavy (non-hydrogen) atoms. The van der Waals surface area contributed by atoms with Gasteiger partial charge in [0.25, 0.3) is 5.91 Å². The van der Waals surface area contributed by atoms with Crippen LogP contribution >= 0.6 is 12.4 Å². The number of amides is 1. The lowest BCUT2D eigenvalue weighted by atomic mass is 9.92. The van der Waals surface area contributed by atoms with Gasteiger partial charge in [-0.2, -0.15) is 0 Å². The van der Waals surface area contributed by atoms with E-state index in [0.717, 1.165) is 25.7 Å². The van der Waals surface area contributed by atoms with Crippen LogP contribution < -0.4 is 15.8 Å². The van der Waals surface area contributed by atoms with Gasteiger partial charge in [0.2, 0.25) is 0 Å². The minimum atomic E-state index is -0.317. The van der Waals surface area contributed by atoms with Crippen LogP contribution in [-0.4, -0.2) is 18.0 Å². The van der Waals surface area contributed by atoms with Crippen molar-refractivity contribution in [1.82, 2.24) is 5.32 Å². The van der Waals surface area contributed by atoms with Gasteiger partial charge in [-0.15, -0.1) is 12.4 Å². The molecule has 1 amide bonds. The molecule has 0 radical (unpaired) electrons. The van der Waals surface area contributed by atoms with E-state index in [1.54, 1.807) is 24.3 Å². The zero-order chi connectivity index (χ0) is 16.9. The molecule has 0 aliphatic heterocycles. The Kier molecular flexibility index (Phi) is 6.84. The summed E-state index contributed by atoms with van der Waals surface area (Å²) >= 11 is 0. The molecular weight excluding hydrogens is 347 g/mol. The van der Waals surface area contributed by atoms with Gasteiger partial charge in [0.05, 0.1) is 0 Å². The lowest BCUT2D eigenvalue weighted by molar-refractivity contribution is 0.0893. The first-order chi connectivity index (χ1) is 11.6. The van der Waals surface area contributed by atoms with Crippen molar-refractivity contribution in [2.24, 2.45) is 5.73 Å². The number of hydrogen-bond donors (Lipinski definition) is 2. The van der Waals surface area contributed by atoms with Crippen molar-refractivity contribution in [3.05, 3.63) is 53.7 Å². The lowest BCUT2D eigenvalue weighted by Gasteiger charge is -2.26. The summed E-state index contributed by atoms with van der Waals surface area (Å²) in [5, 5.41) is 2.98. The van der Waals surface area contributed by atoms with Crippen LogP contribution in [0.15, 0.2) is 40.8 Å². The van der Waals surface area contributed by atoms with E-state index in [0.29, 0.717) is 11.5 Å². The van der Waals surface area contributed by atoms with Crippen LogP contribution in [0.3, 0.4) is 0 Å². The number of ether oxygens (including phenoxy) is 1. The van der Waals surface area contributed by atoms with Gasteiger partial charge in [0.1, 0.15) is 23.9 Å². The Bertz CT molecular complexity index is 682. The van der Waals surface area contributed by atoms with E-state index in [1.165, 1.54) is 12.1 Å². The second-order valence-corrected chi connectivity index (χ2v) is 6.09. The van der Waals surface area contributed by atoms with E-state index in [1.807, 2.05) is 0 Å². The molecule has 2 aromatic rings. The molecule has 3 rings (SSSR count). The molecule has 1 aromatic heterocycles. The number of benzene rings is 1. The van der Waals surface area contributed by atoms with Gasteiger partial charge >= 0.3 is 0 Å². The highest BCUT2D eigenvalue weighted by atomic mass is 35.5. The van der Waals surface area contributed by atoms with Gasteiger partial charge in [0.15, 0.2) is 5.76 Å². The molecule has 1 heterocycles. The van der Waals surface area contributed by atoms with Gasteiger partial charge in [-0.1, -0.05) is 0 Å². The Morgan fingerprint density at radius 3 is 2.52 bits per heavy atom. The van der Waals surface area contributed by atoms with E-state index in [-0.39, 0.29) is 48.6 Å². The van der Waals surface area contributed by atoms with E-state index >= 15 is 0 Å². The summed E-state index contributed by atoms with van der Waals surface area (Å²) < 4.78 is 23.8. The molecule has 136 valence electrons. The molecule has 1 aliphatic rings. The molecule has 0 bridgehead atoms. The van der Waals surface area contributed by atoms with Crippen molar-refractivity contribution in [2.75, 3.05) is 0 Å². The highest BCUT2D eigenvalue weighted by molar-refractivity contribution is 5.91. The Morgan fingerprint density at radius 1 is 1.16 bits per heavy atom. The number of nitrogens with one attached hydrogen (secondary N) is 1. The second kappa shape index (κ2) is 8.87. The van der Waals surface area contributed by atoms with Crippen LogP contribution in [0.2, 0.25) is 0 Å². The summed E-state index contributed by atoms with van der Waals surface area (Å²) in [5.74, 6) is 0.807. The predicted octanol–water partition coefficient (Wildman–Crippen LogP) is 3.42. The molecule has 1 aromatic carbocycles. The predicted molar refractivity (Wildman–Crippen MR) is 94.4 cm³/mol. The number of rotatable bonds is 5. The van der Waals surface area contributed by atoms with Crippen molar-refractivity contribution in [3.8, 4) is 5.75 Å². The first-order valence-corrected chi connectivity index (χ1v) is 8.13. The number of furan rings is 1. The molecule has 3 N–H and O–H groups in total. The standard InChI is InChI=1S/C18H21FN2O3.ClH/c19-12-1-7-15(8-2-12)23-11-16-9-10-17(24-16)18(22)21-14-5-3-13(20)4-6-14;/h1-2,7-10,13-14H,3-6,11,20H2,(H,21,22);1H. The van der Waals surface area contributed by atoms with E-state index < -0.39 is 0 Å². The topological polar surface area (TPSA) is 77.5 Å². The average molecular weight is 369 g/mol. The molecule has 1 aliphatic carbocycles. The van der Waals surface area contributed by atoms with Crippen molar-refractivity contribution in [1.29, 1.82) is 0 Å². The van der Waals surface area contributed by atoms with Crippen LogP contribution in [0, 0.1) is 5.82 Å². The fourth-order valence-corrected chi connectivity index (χ4v) is 2.78. The summed E-state index contributed by atoms with van der Waals surface area (Å²) in [5.41, 5.74) is 5.87. The fraction of sp³-hybridized carbons (Fsp3) is 0.389. The Morgan fingerprint density at radius 2 is 1.84 bits per heavy atom. The molecule has 0 atom stereocenters. The fourth-order valence-electron chi connectivity index (χ4n) is 2.78. The summed E-state index contributed by atoms with van der Waals surface area (Å²) in [6, 6.07) is 9.47. The van der Waals surface area contributed by atoms with Crippen molar-refractivity contribution in [2.45, 2.75) is 44.4 Å². The SMILES string of the molecule is Cl.NC1CCC(NC(=O)c2ccc(COc3ccc(F)cc3)o2)CC1. The maximum Gasteiger partial charge on any atom is 0.287 e. The number of carbonyl (C=O) groups is 1. The third-order valence-corrected chi connectivity index (χ3v) is 4.19. The molecule has 1 fully saturated rings. The molecule has 5 nitrogen and oxygen atoms in total. The maximum absolute atomic E-state index is 12.8. The Balaban J connectivity index is 0.00000225. The van der Waals surface area contributed by atoms with Gasteiger partial charge in [0, 0.05) is 12.1 Å². The lowest BCUT2D eigenvalue weighted by Crippen LogP contribution is -2.40. The second-order valence-electron chi connectivity index (χ2n) is 6.09. The highest BCUT2D eigenvalue weighted by Crippen LogP contribution is 2.18. The highest BCUT2D eigenvalue weighted by Gasteiger charge is 2.21. The summed E-state index contributed by atoms with van der Waals surface area (Å²) in [6.45, 7) is 0.178. The Labute approximate surface area is 152 Å². The number of nitrogens with two attached hydrogens (primary N) is 1. The number of halogens is 2. The van der Waals surface area contributed by atoms with Crippen molar-refractivity contribution >= 4 is 18.3 Å². The van der Waals surface area contributed by atoms with Crippen LogP contribution in [0.5, 0.6) is 5.75 Å². The van der Waals surface area contributed by atoms with Crippen LogP contribution in [0.25, 0.3) is 0 Å². The molecule has 0 saturated heterocycles. The molecule has 1 saturated carbocycles. The van der Waals surface area contributed by atoms with Crippen LogP contribution in [-0.2, 0) is 6.61 Å². The Hall–Kier alpha value is -2.05. The van der Waals surface area contributed by atoms with Gasteiger partial charge in [-0.25, -0.2) is 4.39 Å². The zero-order valence-corrected chi connectivity index (χ0v) is 14.6. The third kappa shape index (κ3) is 5.47. The van der Waals surface area contributed by atoms with Gasteiger partial charge in [-0.05, 0) is 62.1 Å². The summed E-state index contributed by atoms with van der Waals surface area (Å²) in [7, 11) is 0. The number of hydrogen-bond acceptors (Lipinski definition) is 4. The normalized spacial score (nSPS) is 19.8. The largest absolute Gasteiger partial charge is 0.486 e. The smallest absolute Gasteiger partial charge is 0.287 e. The van der Waals surface area contributed by atoms with Crippen LogP contribution in [0.1, 0.15) is 42.0 Å². The van der Waals surface area contributed by atoms with E-state index in [4.69, 9.17) is 14.9 Å². The quantitative estimate of drug-likeness (QED) is 0.847. The monoisotopic (exact) mass is 368 g/mol. The van der Waals surface area contributed by atoms with E-state index in [2.05, 4.69) is 5.32 Å². The first-order valence-electron chi connectivity index (χ1n) is 8.13. The minimum Gasteiger partial charge on any atom is -0.486 e. The minimum absolute atomic E-state index is 0. The van der Waals surface area contributed by atoms with E-state index in [9.17, 15) is 9.18 Å². The molecule has 0 unspecified atom stereocenters. The van der Waals surface area contributed by atoms with Crippen LogP contribution in [0.4, 0.5) is 4.39 Å². The maximum atomic E-state index is 12.8. The van der Waals surface area contributed by atoms with Crippen molar-refractivity contribution < 1.29 is 18.3 Å². The number of carbonyl (C=O) groups excluding carboxylic acids is 1. The summed E-state index contributed by atoms with van der Waals surface area (Å²) in [6.07, 6.45) is 3.65.